The fourth-order valence-electron chi connectivity index (χ4n) is 3.50. The maximum Gasteiger partial charge on any atom is 0.261 e. The minimum atomic E-state index is -0.191. The van der Waals surface area contributed by atoms with Crippen LogP contribution in [0.25, 0.3) is 10.9 Å². The Morgan fingerprint density at radius 2 is 2.17 bits per heavy atom. The van der Waals surface area contributed by atoms with E-state index in [-0.39, 0.29) is 17.7 Å². The molecule has 1 aromatic heterocycles. The molecule has 0 spiro atoms. The van der Waals surface area contributed by atoms with Crippen LogP contribution in [0.3, 0.4) is 0 Å². The Bertz CT molecular complexity index is 871. The third-order valence-electron chi connectivity index (χ3n) is 4.65. The van der Waals surface area contributed by atoms with Crippen LogP contribution in [0.4, 0.5) is 0 Å². The summed E-state index contributed by atoms with van der Waals surface area (Å²) in [5, 5.41) is 0.516. The lowest BCUT2D eigenvalue weighted by molar-refractivity contribution is 0.0295. The average molecular weight is 313 g/mol. The molecule has 1 unspecified atom stereocenters. The van der Waals surface area contributed by atoms with Crippen molar-refractivity contribution >= 4 is 16.8 Å². The highest BCUT2D eigenvalue weighted by Crippen LogP contribution is 2.34. The molecule has 1 aromatic carbocycles. The molecule has 4 rings (SSSR count). The van der Waals surface area contributed by atoms with Gasteiger partial charge in [0, 0.05) is 19.5 Å². The molecule has 0 bridgehead atoms. The first-order valence-electron chi connectivity index (χ1n) is 8.13. The van der Waals surface area contributed by atoms with Gasteiger partial charge < -0.3 is 9.64 Å². The second-order valence-corrected chi connectivity index (χ2v) is 6.19. The van der Waals surface area contributed by atoms with E-state index in [4.69, 9.17) is 4.74 Å². The third kappa shape index (κ3) is 2.04. The molecule has 23 heavy (non-hydrogen) atoms. The second kappa shape index (κ2) is 5.08. The summed E-state index contributed by atoms with van der Waals surface area (Å²) in [6.07, 6.45) is 2.47. The van der Waals surface area contributed by atoms with Crippen LogP contribution in [-0.4, -0.2) is 33.1 Å². The standard InChI is InChI=1S/C17H19N3O3/c1-3-6-19-10(2)18-13-8-12-14(9-11(13)16(19)21)23-15-5-4-7-20(15)17(12)22/h8-9,15H,3-7H2,1-2H3. The van der Waals surface area contributed by atoms with Crippen LogP contribution < -0.4 is 10.3 Å². The largest absolute Gasteiger partial charge is 0.470 e. The lowest BCUT2D eigenvalue weighted by Crippen LogP contribution is -2.43. The zero-order chi connectivity index (χ0) is 16.1. The molecule has 6 heteroatoms. The number of benzene rings is 1. The number of hydrogen-bond acceptors (Lipinski definition) is 4. The van der Waals surface area contributed by atoms with E-state index in [1.165, 1.54) is 0 Å². The zero-order valence-electron chi connectivity index (χ0n) is 13.3. The number of ether oxygens (including phenoxy) is 1. The maximum absolute atomic E-state index is 12.7. The molecule has 1 fully saturated rings. The number of carbonyl (C=O) groups excluding carboxylic acids is 1. The Labute approximate surface area is 133 Å². The quantitative estimate of drug-likeness (QED) is 0.851. The molecule has 0 aliphatic carbocycles. The first-order valence-corrected chi connectivity index (χ1v) is 8.13. The van der Waals surface area contributed by atoms with Crippen LogP contribution >= 0.6 is 0 Å². The molecule has 2 aromatic rings. The van der Waals surface area contributed by atoms with E-state index in [0.717, 1.165) is 25.8 Å². The number of hydrogen-bond donors (Lipinski definition) is 0. The second-order valence-electron chi connectivity index (χ2n) is 6.19. The number of aromatic nitrogens is 2. The maximum atomic E-state index is 12.7. The van der Waals surface area contributed by atoms with Gasteiger partial charge in [-0.25, -0.2) is 4.98 Å². The van der Waals surface area contributed by atoms with E-state index in [1.807, 2.05) is 13.8 Å². The van der Waals surface area contributed by atoms with E-state index >= 15 is 0 Å². The Hall–Kier alpha value is -2.37. The summed E-state index contributed by atoms with van der Waals surface area (Å²) in [4.78, 5) is 31.6. The van der Waals surface area contributed by atoms with Gasteiger partial charge in [0.05, 0.1) is 16.5 Å². The van der Waals surface area contributed by atoms with E-state index in [9.17, 15) is 9.59 Å². The number of nitrogens with zero attached hydrogens (tertiary/aromatic N) is 3. The predicted octanol–water partition coefficient (Wildman–Crippen LogP) is 2.07. The molecule has 0 saturated carbocycles. The van der Waals surface area contributed by atoms with Crippen molar-refractivity contribution < 1.29 is 9.53 Å². The first kappa shape index (κ1) is 14.2. The third-order valence-corrected chi connectivity index (χ3v) is 4.65. The van der Waals surface area contributed by atoms with Gasteiger partial charge in [0.1, 0.15) is 11.6 Å². The molecule has 2 aliphatic rings. The molecule has 1 atom stereocenters. The van der Waals surface area contributed by atoms with Gasteiger partial charge in [-0.15, -0.1) is 0 Å². The van der Waals surface area contributed by atoms with Gasteiger partial charge in [-0.1, -0.05) is 6.92 Å². The van der Waals surface area contributed by atoms with Crippen LogP contribution in [0, 0.1) is 6.92 Å². The lowest BCUT2D eigenvalue weighted by Gasteiger charge is -2.31. The predicted molar refractivity (Wildman–Crippen MR) is 85.7 cm³/mol. The minimum absolute atomic E-state index is 0.0205. The van der Waals surface area contributed by atoms with Gasteiger partial charge in [0.15, 0.2) is 6.23 Å². The Morgan fingerprint density at radius 1 is 1.35 bits per heavy atom. The molecule has 2 aliphatic heterocycles. The van der Waals surface area contributed by atoms with Crippen molar-refractivity contribution in [1.82, 2.24) is 14.5 Å². The van der Waals surface area contributed by atoms with Crippen LogP contribution in [0.5, 0.6) is 5.75 Å². The van der Waals surface area contributed by atoms with Gasteiger partial charge in [-0.2, -0.15) is 0 Å². The summed E-state index contributed by atoms with van der Waals surface area (Å²) in [5.41, 5.74) is 1.01. The summed E-state index contributed by atoms with van der Waals surface area (Å²) in [6.45, 7) is 5.22. The van der Waals surface area contributed by atoms with Crippen molar-refractivity contribution in [2.24, 2.45) is 0 Å². The van der Waals surface area contributed by atoms with Crippen molar-refractivity contribution in [3.63, 3.8) is 0 Å². The molecule has 3 heterocycles. The van der Waals surface area contributed by atoms with Gasteiger partial charge in [-0.3, -0.25) is 14.2 Å². The summed E-state index contributed by atoms with van der Waals surface area (Å²) in [5.74, 6) is 1.16. The number of fused-ring (bicyclic) bond motifs is 3. The van der Waals surface area contributed by atoms with Gasteiger partial charge in [-0.05, 0) is 31.9 Å². The van der Waals surface area contributed by atoms with Crippen molar-refractivity contribution in [1.29, 1.82) is 0 Å². The van der Waals surface area contributed by atoms with Crippen molar-refractivity contribution in [2.45, 2.75) is 45.9 Å². The summed E-state index contributed by atoms with van der Waals surface area (Å²) in [7, 11) is 0. The van der Waals surface area contributed by atoms with Crippen LogP contribution in [-0.2, 0) is 6.54 Å². The number of rotatable bonds is 2. The van der Waals surface area contributed by atoms with Crippen molar-refractivity contribution in [3.8, 4) is 5.75 Å². The normalized spacial score (nSPS) is 19.7. The molecule has 0 N–H and O–H groups in total. The Kier molecular flexibility index (Phi) is 3.14. The monoisotopic (exact) mass is 313 g/mol. The van der Waals surface area contributed by atoms with Crippen molar-refractivity contribution in [3.05, 3.63) is 33.9 Å². The molecule has 6 nitrogen and oxygen atoms in total. The highest BCUT2D eigenvalue weighted by molar-refractivity contribution is 6.01. The Morgan fingerprint density at radius 3 is 2.96 bits per heavy atom. The smallest absolute Gasteiger partial charge is 0.261 e. The lowest BCUT2D eigenvalue weighted by atomic mass is 10.1. The number of amides is 1. The van der Waals surface area contributed by atoms with E-state index in [0.29, 0.717) is 34.6 Å². The molecule has 1 amide bonds. The summed E-state index contributed by atoms with van der Waals surface area (Å²) < 4.78 is 7.63. The topological polar surface area (TPSA) is 64.4 Å². The molecular formula is C17H19N3O3. The number of aryl methyl sites for hydroxylation is 1. The highest BCUT2D eigenvalue weighted by Gasteiger charge is 2.37. The first-order chi connectivity index (χ1) is 11.1. The van der Waals surface area contributed by atoms with Crippen LogP contribution in [0.15, 0.2) is 16.9 Å². The summed E-state index contributed by atoms with van der Waals surface area (Å²) in [6, 6.07) is 3.39. The minimum Gasteiger partial charge on any atom is -0.470 e. The van der Waals surface area contributed by atoms with E-state index in [2.05, 4.69) is 4.98 Å². The fraction of sp³-hybridized carbons (Fsp3) is 0.471. The average Bonchev–Trinajstić information content (AvgIpc) is 2.99. The summed E-state index contributed by atoms with van der Waals surface area (Å²) >= 11 is 0. The molecule has 1 saturated heterocycles. The highest BCUT2D eigenvalue weighted by atomic mass is 16.5. The van der Waals surface area contributed by atoms with Crippen LogP contribution in [0.1, 0.15) is 42.4 Å². The van der Waals surface area contributed by atoms with E-state index in [1.54, 1.807) is 21.6 Å². The van der Waals surface area contributed by atoms with Gasteiger partial charge in [0.2, 0.25) is 0 Å². The van der Waals surface area contributed by atoms with Gasteiger partial charge in [0.25, 0.3) is 11.5 Å². The molecular weight excluding hydrogens is 294 g/mol. The van der Waals surface area contributed by atoms with E-state index < -0.39 is 0 Å². The fourth-order valence-corrected chi connectivity index (χ4v) is 3.50. The SMILES string of the molecule is CCCn1c(C)nc2cc3c(cc2c1=O)OC1CCCN1C3=O. The van der Waals surface area contributed by atoms with Crippen molar-refractivity contribution in [2.75, 3.05) is 6.54 Å². The van der Waals surface area contributed by atoms with Crippen LogP contribution in [0.2, 0.25) is 0 Å². The Balaban J connectivity index is 1.93. The zero-order valence-corrected chi connectivity index (χ0v) is 13.3. The van der Waals surface area contributed by atoms with Gasteiger partial charge >= 0.3 is 0 Å². The molecule has 120 valence electrons. The molecule has 0 radical (unpaired) electrons. The number of carbonyl (C=O) groups is 1.